The van der Waals surface area contributed by atoms with E-state index in [0.717, 1.165) is 36.9 Å². The van der Waals surface area contributed by atoms with Crippen LogP contribution in [0.2, 0.25) is 0 Å². The second kappa shape index (κ2) is 7.58. The molecule has 0 saturated heterocycles. The Balaban J connectivity index is 1.74. The van der Waals surface area contributed by atoms with Crippen molar-refractivity contribution in [2.75, 3.05) is 5.32 Å². The van der Waals surface area contributed by atoms with E-state index in [4.69, 9.17) is 0 Å². The summed E-state index contributed by atoms with van der Waals surface area (Å²) in [7, 11) is -3.50. The number of rotatable bonds is 5. The quantitative estimate of drug-likeness (QED) is 0.849. The minimum atomic E-state index is -3.50. The van der Waals surface area contributed by atoms with Gasteiger partial charge in [-0.25, -0.2) is 13.1 Å². The maximum Gasteiger partial charge on any atom is 0.240 e. The van der Waals surface area contributed by atoms with Crippen molar-refractivity contribution in [3.8, 4) is 0 Å². The normalized spacial score (nSPS) is 21.0. The van der Waals surface area contributed by atoms with Crippen molar-refractivity contribution in [2.45, 2.75) is 56.5 Å². The van der Waals surface area contributed by atoms with E-state index < -0.39 is 10.0 Å². The van der Waals surface area contributed by atoms with Crippen molar-refractivity contribution in [3.05, 3.63) is 59.7 Å². The van der Waals surface area contributed by atoms with Crippen LogP contribution in [0, 0.1) is 13.8 Å². The van der Waals surface area contributed by atoms with Gasteiger partial charge in [-0.3, -0.25) is 0 Å². The van der Waals surface area contributed by atoms with Gasteiger partial charge in [0, 0.05) is 17.8 Å². The largest absolute Gasteiger partial charge is 0.381 e. The molecule has 1 saturated carbocycles. The average Bonchev–Trinajstić information content (AvgIpc) is 2.59. The van der Waals surface area contributed by atoms with E-state index in [-0.39, 0.29) is 12.1 Å². The van der Waals surface area contributed by atoms with Gasteiger partial charge in [-0.2, -0.15) is 0 Å². The Morgan fingerprint density at radius 2 is 1.32 bits per heavy atom. The van der Waals surface area contributed by atoms with Crippen LogP contribution in [0.15, 0.2) is 53.4 Å². The number of hydrogen-bond acceptors (Lipinski definition) is 3. The molecule has 2 aromatic rings. The minimum absolute atomic E-state index is 0.0960. The Morgan fingerprint density at radius 1 is 0.800 bits per heavy atom. The van der Waals surface area contributed by atoms with E-state index in [1.165, 1.54) is 5.56 Å². The Hall–Kier alpha value is -1.85. The highest BCUT2D eigenvalue weighted by atomic mass is 32.2. The number of aryl methyl sites for hydroxylation is 2. The topological polar surface area (TPSA) is 58.2 Å². The fraction of sp³-hybridized carbons (Fsp3) is 0.400. The van der Waals surface area contributed by atoms with E-state index in [1.807, 2.05) is 19.1 Å². The number of hydrogen-bond donors (Lipinski definition) is 2. The van der Waals surface area contributed by atoms with Gasteiger partial charge >= 0.3 is 0 Å². The molecule has 0 radical (unpaired) electrons. The van der Waals surface area contributed by atoms with E-state index in [2.05, 4.69) is 41.2 Å². The van der Waals surface area contributed by atoms with Crippen LogP contribution in [0.1, 0.15) is 36.8 Å². The summed E-state index contributed by atoms with van der Waals surface area (Å²) in [6.45, 7) is 4.01. The van der Waals surface area contributed by atoms with Crippen molar-refractivity contribution in [3.63, 3.8) is 0 Å². The van der Waals surface area contributed by atoms with Gasteiger partial charge < -0.3 is 5.32 Å². The molecule has 0 heterocycles. The number of benzene rings is 2. The third kappa shape index (κ3) is 4.61. The average molecular weight is 359 g/mol. The molecule has 25 heavy (non-hydrogen) atoms. The number of anilines is 1. The molecule has 0 aliphatic heterocycles. The SMILES string of the molecule is Cc1ccc(N[C@H]2CCCC[C@@H]2NS(=O)(=O)c2ccc(C)cc2)cc1. The van der Waals surface area contributed by atoms with Crippen LogP contribution in [0.25, 0.3) is 0 Å². The molecule has 1 aliphatic rings. The molecule has 0 unspecified atom stereocenters. The lowest BCUT2D eigenvalue weighted by Crippen LogP contribution is -2.48. The molecule has 1 aliphatic carbocycles. The van der Waals surface area contributed by atoms with Gasteiger partial charge in [0.1, 0.15) is 0 Å². The van der Waals surface area contributed by atoms with Gasteiger partial charge in [-0.1, -0.05) is 48.2 Å². The van der Waals surface area contributed by atoms with Gasteiger partial charge in [0.05, 0.1) is 4.90 Å². The van der Waals surface area contributed by atoms with Crippen molar-refractivity contribution < 1.29 is 8.42 Å². The van der Waals surface area contributed by atoms with Crippen molar-refractivity contribution in [2.24, 2.45) is 0 Å². The zero-order valence-corrected chi connectivity index (χ0v) is 15.6. The highest BCUT2D eigenvalue weighted by Crippen LogP contribution is 2.24. The molecule has 2 atom stereocenters. The predicted molar refractivity (Wildman–Crippen MR) is 102 cm³/mol. The summed E-state index contributed by atoms with van der Waals surface area (Å²) in [4.78, 5) is 0.331. The summed E-state index contributed by atoms with van der Waals surface area (Å²) in [5.41, 5.74) is 3.30. The lowest BCUT2D eigenvalue weighted by molar-refractivity contribution is 0.378. The molecule has 134 valence electrons. The van der Waals surface area contributed by atoms with Gasteiger partial charge in [0.15, 0.2) is 0 Å². The fourth-order valence-corrected chi connectivity index (χ4v) is 4.60. The monoisotopic (exact) mass is 358 g/mol. The molecule has 0 spiro atoms. The van der Waals surface area contributed by atoms with Crippen LogP contribution in [0.4, 0.5) is 5.69 Å². The Bertz CT molecular complexity index is 799. The fourth-order valence-electron chi connectivity index (χ4n) is 3.29. The minimum Gasteiger partial charge on any atom is -0.381 e. The van der Waals surface area contributed by atoms with Gasteiger partial charge in [0.25, 0.3) is 0 Å². The summed E-state index contributed by atoms with van der Waals surface area (Å²) in [5.74, 6) is 0. The molecule has 1 fully saturated rings. The lowest BCUT2D eigenvalue weighted by atomic mass is 9.91. The van der Waals surface area contributed by atoms with Crippen LogP contribution in [-0.2, 0) is 10.0 Å². The number of nitrogens with one attached hydrogen (secondary N) is 2. The van der Waals surface area contributed by atoms with E-state index in [1.54, 1.807) is 12.1 Å². The smallest absolute Gasteiger partial charge is 0.240 e. The zero-order valence-electron chi connectivity index (χ0n) is 14.8. The second-order valence-electron chi connectivity index (χ2n) is 6.94. The van der Waals surface area contributed by atoms with E-state index in [9.17, 15) is 8.42 Å². The highest BCUT2D eigenvalue weighted by Gasteiger charge is 2.29. The van der Waals surface area contributed by atoms with Gasteiger partial charge in [0.2, 0.25) is 10.0 Å². The Morgan fingerprint density at radius 3 is 1.92 bits per heavy atom. The predicted octanol–water partition coefficient (Wildman–Crippen LogP) is 4.01. The molecular formula is C20H26N2O2S. The molecule has 5 heteroatoms. The summed E-state index contributed by atoms with van der Waals surface area (Å²) in [6.07, 6.45) is 3.99. The third-order valence-electron chi connectivity index (χ3n) is 4.81. The molecule has 0 amide bonds. The lowest BCUT2D eigenvalue weighted by Gasteiger charge is -2.33. The maximum absolute atomic E-state index is 12.7. The first-order chi connectivity index (χ1) is 11.9. The van der Waals surface area contributed by atoms with Crippen LogP contribution in [0.3, 0.4) is 0 Å². The molecular weight excluding hydrogens is 332 g/mol. The summed E-state index contributed by atoms with van der Waals surface area (Å²) in [5, 5.41) is 3.51. The van der Waals surface area contributed by atoms with Crippen molar-refractivity contribution >= 4 is 15.7 Å². The molecule has 4 nitrogen and oxygen atoms in total. The first kappa shape index (κ1) is 18.0. The van der Waals surface area contributed by atoms with E-state index in [0.29, 0.717) is 4.90 Å². The first-order valence-electron chi connectivity index (χ1n) is 8.86. The molecule has 3 rings (SSSR count). The summed E-state index contributed by atoms with van der Waals surface area (Å²) < 4.78 is 28.4. The maximum atomic E-state index is 12.7. The standard InChI is InChI=1S/C20H26N2O2S/c1-15-7-11-17(12-8-15)21-19-5-3-4-6-20(19)22-25(23,24)18-13-9-16(2)10-14-18/h7-14,19-22H,3-6H2,1-2H3/t19-,20-/m0/s1. The number of sulfonamides is 1. The highest BCUT2D eigenvalue weighted by molar-refractivity contribution is 7.89. The summed E-state index contributed by atoms with van der Waals surface area (Å²) >= 11 is 0. The van der Waals surface area contributed by atoms with Crippen molar-refractivity contribution in [1.82, 2.24) is 4.72 Å². The molecule has 2 N–H and O–H groups in total. The zero-order chi connectivity index (χ0) is 17.9. The Kier molecular flexibility index (Phi) is 5.45. The van der Waals surface area contributed by atoms with Crippen molar-refractivity contribution in [1.29, 1.82) is 0 Å². The molecule has 2 aromatic carbocycles. The summed E-state index contributed by atoms with van der Waals surface area (Å²) in [6, 6.07) is 15.2. The third-order valence-corrected chi connectivity index (χ3v) is 6.31. The molecule has 0 aromatic heterocycles. The Labute approximate surface area is 150 Å². The van der Waals surface area contributed by atoms with Crippen LogP contribution in [-0.4, -0.2) is 20.5 Å². The second-order valence-corrected chi connectivity index (χ2v) is 8.66. The van der Waals surface area contributed by atoms with Crippen LogP contribution in [0.5, 0.6) is 0 Å². The van der Waals surface area contributed by atoms with Gasteiger partial charge in [-0.15, -0.1) is 0 Å². The van der Waals surface area contributed by atoms with Crippen LogP contribution >= 0.6 is 0 Å². The first-order valence-corrected chi connectivity index (χ1v) is 10.3. The molecule has 0 bridgehead atoms. The van der Waals surface area contributed by atoms with E-state index >= 15 is 0 Å². The van der Waals surface area contributed by atoms with Gasteiger partial charge in [-0.05, 0) is 51.0 Å². The van der Waals surface area contributed by atoms with Crippen LogP contribution < -0.4 is 10.0 Å².